The summed E-state index contributed by atoms with van der Waals surface area (Å²) in [5.41, 5.74) is 1.88. The molecule has 1 aliphatic heterocycles. The monoisotopic (exact) mass is 355 g/mol. The summed E-state index contributed by atoms with van der Waals surface area (Å²) in [6.07, 6.45) is 3.47. The van der Waals surface area contributed by atoms with Gasteiger partial charge in [-0.05, 0) is 30.5 Å². The highest BCUT2D eigenvalue weighted by Gasteiger charge is 2.31. The molecule has 0 aliphatic carbocycles. The lowest BCUT2D eigenvalue weighted by molar-refractivity contribution is -0.122. The minimum Gasteiger partial charge on any atom is -0.507 e. The third-order valence-electron chi connectivity index (χ3n) is 3.79. The molecule has 3 nitrogen and oxygen atoms in total. The molecule has 1 saturated heterocycles. The van der Waals surface area contributed by atoms with E-state index >= 15 is 0 Å². The number of phenols is 1. The molecule has 1 fully saturated rings. The van der Waals surface area contributed by atoms with Crippen LogP contribution in [-0.4, -0.2) is 26.8 Å². The number of amides is 1. The summed E-state index contributed by atoms with van der Waals surface area (Å²) in [6, 6.07) is 17.2. The molecular weight excluding hydrogens is 338 g/mol. The number of benzene rings is 2. The van der Waals surface area contributed by atoms with Gasteiger partial charge in [-0.15, -0.1) is 0 Å². The summed E-state index contributed by atoms with van der Waals surface area (Å²) in [7, 11) is 0. The predicted octanol–water partition coefficient (Wildman–Crippen LogP) is 4.23. The van der Waals surface area contributed by atoms with Crippen LogP contribution in [0.25, 0.3) is 6.08 Å². The first kappa shape index (κ1) is 16.7. The van der Waals surface area contributed by atoms with Crippen LogP contribution in [0.2, 0.25) is 0 Å². The summed E-state index contributed by atoms with van der Waals surface area (Å²) >= 11 is 6.63. The minimum absolute atomic E-state index is 0.0821. The van der Waals surface area contributed by atoms with Gasteiger partial charge in [0.2, 0.25) is 0 Å². The van der Waals surface area contributed by atoms with Crippen molar-refractivity contribution in [2.75, 3.05) is 6.54 Å². The van der Waals surface area contributed by atoms with Crippen molar-refractivity contribution >= 4 is 40.3 Å². The highest BCUT2D eigenvalue weighted by atomic mass is 32.2. The molecule has 2 aromatic carbocycles. The zero-order valence-corrected chi connectivity index (χ0v) is 14.6. The molecule has 24 heavy (non-hydrogen) atoms. The molecule has 1 heterocycles. The van der Waals surface area contributed by atoms with Crippen LogP contribution in [0.5, 0.6) is 5.75 Å². The van der Waals surface area contributed by atoms with Crippen molar-refractivity contribution in [1.82, 2.24) is 4.90 Å². The van der Waals surface area contributed by atoms with Gasteiger partial charge >= 0.3 is 0 Å². The predicted molar refractivity (Wildman–Crippen MR) is 103 cm³/mol. The van der Waals surface area contributed by atoms with E-state index in [1.54, 1.807) is 29.2 Å². The Bertz CT molecular complexity index is 787. The molecule has 0 atom stereocenters. The van der Waals surface area contributed by atoms with E-state index in [2.05, 4.69) is 12.1 Å². The van der Waals surface area contributed by atoms with Gasteiger partial charge in [-0.25, -0.2) is 0 Å². The van der Waals surface area contributed by atoms with E-state index in [1.165, 1.54) is 17.3 Å². The highest BCUT2D eigenvalue weighted by molar-refractivity contribution is 8.26. The van der Waals surface area contributed by atoms with Crippen molar-refractivity contribution in [3.8, 4) is 5.75 Å². The van der Waals surface area contributed by atoms with Gasteiger partial charge in [0.05, 0.1) is 4.91 Å². The molecule has 3 rings (SSSR count). The lowest BCUT2D eigenvalue weighted by Crippen LogP contribution is -2.29. The quantitative estimate of drug-likeness (QED) is 0.644. The largest absolute Gasteiger partial charge is 0.507 e. The summed E-state index contributed by atoms with van der Waals surface area (Å²) < 4.78 is 0.578. The van der Waals surface area contributed by atoms with Crippen LogP contribution in [0.15, 0.2) is 59.5 Å². The SMILES string of the molecule is O=C1C(=Cc2ccccc2O)SC(=S)N1CCCc1ccccc1. The second-order valence-corrected chi connectivity index (χ2v) is 7.16. The van der Waals surface area contributed by atoms with Crippen LogP contribution in [0.4, 0.5) is 0 Å². The normalized spacial score (nSPS) is 16.2. The number of aromatic hydroxyl groups is 1. The first-order valence-electron chi connectivity index (χ1n) is 7.72. The van der Waals surface area contributed by atoms with E-state index in [4.69, 9.17) is 12.2 Å². The van der Waals surface area contributed by atoms with Crippen molar-refractivity contribution in [3.63, 3.8) is 0 Å². The minimum atomic E-state index is -0.0821. The van der Waals surface area contributed by atoms with Gasteiger partial charge < -0.3 is 5.11 Å². The maximum atomic E-state index is 12.5. The second kappa shape index (κ2) is 7.64. The molecule has 0 bridgehead atoms. The number of rotatable bonds is 5. The lowest BCUT2D eigenvalue weighted by atomic mass is 10.1. The number of thiocarbonyl (C=S) groups is 1. The maximum Gasteiger partial charge on any atom is 0.266 e. The number of phenolic OH excluding ortho intramolecular Hbond substituents is 1. The van der Waals surface area contributed by atoms with Gasteiger partial charge in [0.25, 0.3) is 5.91 Å². The fraction of sp³-hybridized carbons (Fsp3) is 0.158. The molecule has 5 heteroatoms. The van der Waals surface area contributed by atoms with Crippen LogP contribution in [0.3, 0.4) is 0 Å². The molecule has 1 amide bonds. The fourth-order valence-corrected chi connectivity index (χ4v) is 3.83. The molecule has 122 valence electrons. The van der Waals surface area contributed by atoms with Gasteiger partial charge in [-0.2, -0.15) is 0 Å². The molecule has 0 saturated carbocycles. The Morgan fingerprint density at radius 3 is 2.54 bits per heavy atom. The summed E-state index contributed by atoms with van der Waals surface area (Å²) in [5.74, 6) is 0.0770. The van der Waals surface area contributed by atoms with E-state index in [9.17, 15) is 9.90 Å². The number of hydrogen-bond donors (Lipinski definition) is 1. The Hall–Kier alpha value is -2.11. The standard InChI is InChI=1S/C19H17NO2S2/c21-16-11-5-4-10-15(16)13-17-18(22)20(19(23)24-17)12-6-9-14-7-2-1-3-8-14/h1-5,7-8,10-11,13,21H,6,9,12H2. The molecule has 0 unspecified atom stereocenters. The third kappa shape index (κ3) is 3.86. The van der Waals surface area contributed by atoms with Gasteiger partial charge in [0, 0.05) is 12.1 Å². The molecule has 1 aliphatic rings. The molecular formula is C19H17NO2S2. The van der Waals surface area contributed by atoms with Crippen molar-refractivity contribution in [3.05, 3.63) is 70.6 Å². The summed E-state index contributed by atoms with van der Waals surface area (Å²) in [4.78, 5) is 14.7. The fourth-order valence-electron chi connectivity index (χ4n) is 2.53. The molecule has 2 aromatic rings. The van der Waals surface area contributed by atoms with Crippen LogP contribution < -0.4 is 0 Å². The van der Waals surface area contributed by atoms with Crippen molar-refractivity contribution in [2.24, 2.45) is 0 Å². The van der Waals surface area contributed by atoms with Gasteiger partial charge in [-0.3, -0.25) is 9.69 Å². The van der Waals surface area contributed by atoms with Crippen LogP contribution >= 0.6 is 24.0 Å². The van der Waals surface area contributed by atoms with E-state index in [0.717, 1.165) is 12.8 Å². The molecule has 1 N–H and O–H groups in total. The van der Waals surface area contributed by atoms with E-state index in [1.807, 2.05) is 24.3 Å². The number of para-hydroxylation sites is 1. The van der Waals surface area contributed by atoms with Crippen LogP contribution in [-0.2, 0) is 11.2 Å². The van der Waals surface area contributed by atoms with Gasteiger partial charge in [0.1, 0.15) is 10.1 Å². The smallest absolute Gasteiger partial charge is 0.266 e. The Morgan fingerprint density at radius 1 is 1.08 bits per heavy atom. The van der Waals surface area contributed by atoms with Crippen LogP contribution in [0, 0.1) is 0 Å². The van der Waals surface area contributed by atoms with Gasteiger partial charge in [-0.1, -0.05) is 72.5 Å². The van der Waals surface area contributed by atoms with Crippen molar-refractivity contribution in [2.45, 2.75) is 12.8 Å². The van der Waals surface area contributed by atoms with Gasteiger partial charge in [0.15, 0.2) is 0 Å². The topological polar surface area (TPSA) is 40.5 Å². The Balaban J connectivity index is 1.65. The van der Waals surface area contributed by atoms with Crippen LogP contribution in [0.1, 0.15) is 17.5 Å². The average Bonchev–Trinajstić information content (AvgIpc) is 2.85. The average molecular weight is 355 g/mol. The van der Waals surface area contributed by atoms with E-state index in [0.29, 0.717) is 21.3 Å². The number of carbonyl (C=O) groups is 1. The van der Waals surface area contributed by atoms with Crippen molar-refractivity contribution in [1.29, 1.82) is 0 Å². The third-order valence-corrected chi connectivity index (χ3v) is 5.16. The Morgan fingerprint density at radius 2 is 1.79 bits per heavy atom. The zero-order valence-electron chi connectivity index (χ0n) is 13.0. The summed E-state index contributed by atoms with van der Waals surface area (Å²) in [5, 5.41) is 9.84. The number of aryl methyl sites for hydroxylation is 1. The lowest BCUT2D eigenvalue weighted by Gasteiger charge is -2.14. The molecule has 0 aromatic heterocycles. The van der Waals surface area contributed by atoms with E-state index in [-0.39, 0.29) is 11.7 Å². The number of thioether (sulfide) groups is 1. The molecule has 0 radical (unpaired) electrons. The first-order valence-corrected chi connectivity index (χ1v) is 8.95. The number of nitrogens with zero attached hydrogens (tertiary/aromatic N) is 1. The van der Waals surface area contributed by atoms with E-state index < -0.39 is 0 Å². The van der Waals surface area contributed by atoms with Crippen molar-refractivity contribution < 1.29 is 9.90 Å². The number of hydrogen-bond acceptors (Lipinski definition) is 4. The maximum absolute atomic E-state index is 12.5. The number of carbonyl (C=O) groups excluding carboxylic acids is 1. The summed E-state index contributed by atoms with van der Waals surface area (Å²) in [6.45, 7) is 0.609. The Kier molecular flexibility index (Phi) is 5.33. The molecule has 0 spiro atoms. The Labute approximate surface area is 151 Å². The zero-order chi connectivity index (χ0) is 16.9. The second-order valence-electron chi connectivity index (χ2n) is 5.48. The first-order chi connectivity index (χ1) is 11.6. The highest BCUT2D eigenvalue weighted by Crippen LogP contribution is 2.34.